The van der Waals surface area contributed by atoms with Gasteiger partial charge in [-0.25, -0.2) is 4.79 Å². The average molecular weight is 375 g/mol. The fraction of sp³-hybridized carbons (Fsp3) is 0.130. The number of benzene rings is 3. The number of carbonyl (C=O) groups excluding carboxylic acids is 2. The second kappa shape index (κ2) is 9.37. The van der Waals surface area contributed by atoms with Crippen LogP contribution in [0.1, 0.15) is 12.5 Å². The minimum Gasteiger partial charge on any atom is -0.492 e. The highest BCUT2D eigenvalue weighted by Gasteiger charge is 2.09. The van der Waals surface area contributed by atoms with Crippen LogP contribution in [0.4, 0.5) is 5.69 Å². The fourth-order valence-electron chi connectivity index (χ4n) is 2.78. The smallest absolute Gasteiger partial charge is 0.331 e. The number of esters is 1. The van der Waals surface area contributed by atoms with Crippen molar-refractivity contribution in [2.75, 3.05) is 18.5 Å². The quantitative estimate of drug-likeness (QED) is 0.490. The Balaban J connectivity index is 1.57. The number of para-hydroxylation sites is 2. The third-order valence-electron chi connectivity index (χ3n) is 4.03. The Labute approximate surface area is 163 Å². The van der Waals surface area contributed by atoms with Gasteiger partial charge >= 0.3 is 5.97 Å². The molecule has 0 heterocycles. The first kappa shape index (κ1) is 19.2. The Morgan fingerprint density at radius 1 is 0.964 bits per heavy atom. The molecule has 0 fully saturated rings. The van der Waals surface area contributed by atoms with Crippen molar-refractivity contribution in [1.82, 2.24) is 0 Å². The molecule has 0 aromatic heterocycles. The summed E-state index contributed by atoms with van der Waals surface area (Å²) in [6, 6.07) is 20.9. The summed E-state index contributed by atoms with van der Waals surface area (Å²) in [4.78, 5) is 24.0. The van der Waals surface area contributed by atoms with Crippen LogP contribution in [0.3, 0.4) is 0 Å². The predicted octanol–water partition coefficient (Wildman–Crippen LogP) is 4.43. The van der Waals surface area contributed by atoms with Crippen LogP contribution in [-0.2, 0) is 14.3 Å². The number of nitrogens with one attached hydrogen (secondary N) is 1. The van der Waals surface area contributed by atoms with Crippen molar-refractivity contribution in [3.8, 4) is 5.75 Å². The van der Waals surface area contributed by atoms with E-state index in [1.54, 1.807) is 24.3 Å². The molecule has 0 aliphatic rings. The summed E-state index contributed by atoms with van der Waals surface area (Å²) >= 11 is 0. The van der Waals surface area contributed by atoms with Gasteiger partial charge < -0.3 is 14.8 Å². The van der Waals surface area contributed by atoms with Crippen LogP contribution >= 0.6 is 0 Å². The van der Waals surface area contributed by atoms with E-state index in [0.717, 1.165) is 16.3 Å². The number of amides is 1. The third-order valence-corrected chi connectivity index (χ3v) is 4.03. The molecule has 0 saturated heterocycles. The molecule has 5 nitrogen and oxygen atoms in total. The van der Waals surface area contributed by atoms with E-state index in [-0.39, 0.29) is 6.61 Å². The van der Waals surface area contributed by atoms with Crippen molar-refractivity contribution in [3.63, 3.8) is 0 Å². The van der Waals surface area contributed by atoms with Crippen LogP contribution in [0.2, 0.25) is 0 Å². The molecule has 1 amide bonds. The van der Waals surface area contributed by atoms with E-state index in [2.05, 4.69) is 5.32 Å². The fourth-order valence-corrected chi connectivity index (χ4v) is 2.78. The summed E-state index contributed by atoms with van der Waals surface area (Å²) in [6.07, 6.45) is 3.01. The molecule has 0 aliphatic heterocycles. The van der Waals surface area contributed by atoms with Gasteiger partial charge in [-0.05, 0) is 41.5 Å². The number of hydrogen-bond acceptors (Lipinski definition) is 4. The summed E-state index contributed by atoms with van der Waals surface area (Å²) in [5.74, 6) is -0.444. The van der Waals surface area contributed by atoms with Crippen LogP contribution in [0.15, 0.2) is 72.8 Å². The lowest BCUT2D eigenvalue weighted by molar-refractivity contribution is -0.142. The first-order valence-electron chi connectivity index (χ1n) is 9.01. The molecule has 5 heteroatoms. The van der Waals surface area contributed by atoms with Crippen LogP contribution in [-0.4, -0.2) is 25.1 Å². The SMILES string of the molecule is CCOc1ccccc1NC(=O)COC(=O)C=Cc1cccc2ccccc12. The van der Waals surface area contributed by atoms with Gasteiger partial charge in [-0.2, -0.15) is 0 Å². The van der Waals surface area contributed by atoms with E-state index in [4.69, 9.17) is 9.47 Å². The van der Waals surface area contributed by atoms with Crippen LogP contribution in [0, 0.1) is 0 Å². The van der Waals surface area contributed by atoms with Crippen LogP contribution < -0.4 is 10.1 Å². The van der Waals surface area contributed by atoms with E-state index < -0.39 is 11.9 Å². The Morgan fingerprint density at radius 3 is 2.57 bits per heavy atom. The van der Waals surface area contributed by atoms with Gasteiger partial charge in [0.05, 0.1) is 12.3 Å². The van der Waals surface area contributed by atoms with Crippen molar-refractivity contribution in [3.05, 3.63) is 78.4 Å². The van der Waals surface area contributed by atoms with E-state index in [1.807, 2.05) is 55.5 Å². The number of carbonyl (C=O) groups is 2. The van der Waals surface area contributed by atoms with E-state index >= 15 is 0 Å². The van der Waals surface area contributed by atoms with E-state index in [9.17, 15) is 9.59 Å². The summed E-state index contributed by atoms with van der Waals surface area (Å²) in [6.45, 7) is 1.97. The average Bonchev–Trinajstić information content (AvgIpc) is 2.72. The van der Waals surface area contributed by atoms with Gasteiger partial charge in [0.25, 0.3) is 5.91 Å². The molecule has 28 heavy (non-hydrogen) atoms. The third kappa shape index (κ3) is 4.98. The predicted molar refractivity (Wildman–Crippen MR) is 110 cm³/mol. The standard InChI is InChI=1S/C23H21NO4/c1-2-27-21-13-6-5-12-20(21)24-22(25)16-28-23(26)15-14-18-10-7-9-17-8-3-4-11-19(17)18/h3-15H,2,16H2,1H3,(H,24,25). The van der Waals surface area contributed by atoms with Crippen molar-refractivity contribution in [2.24, 2.45) is 0 Å². The molecule has 0 unspecified atom stereocenters. The summed E-state index contributed by atoms with van der Waals surface area (Å²) in [5, 5.41) is 4.81. The van der Waals surface area contributed by atoms with Crippen LogP contribution in [0.25, 0.3) is 16.8 Å². The van der Waals surface area contributed by atoms with Gasteiger partial charge in [0.2, 0.25) is 0 Å². The number of ether oxygens (including phenoxy) is 2. The molecule has 142 valence electrons. The molecule has 0 spiro atoms. The second-order valence-corrected chi connectivity index (χ2v) is 5.99. The number of hydrogen-bond donors (Lipinski definition) is 1. The lowest BCUT2D eigenvalue weighted by atomic mass is 10.0. The highest BCUT2D eigenvalue weighted by Crippen LogP contribution is 2.23. The Bertz CT molecular complexity index is 1000. The van der Waals surface area contributed by atoms with E-state index in [1.165, 1.54) is 6.08 Å². The number of anilines is 1. The molecule has 1 N–H and O–H groups in total. The maximum absolute atomic E-state index is 12.1. The Morgan fingerprint density at radius 2 is 1.71 bits per heavy atom. The zero-order chi connectivity index (χ0) is 19.8. The molecule has 3 aromatic rings. The zero-order valence-corrected chi connectivity index (χ0v) is 15.6. The topological polar surface area (TPSA) is 64.6 Å². The minimum absolute atomic E-state index is 0.376. The molecule has 0 atom stereocenters. The first-order valence-corrected chi connectivity index (χ1v) is 9.01. The number of fused-ring (bicyclic) bond motifs is 1. The molecule has 0 aliphatic carbocycles. The summed E-state index contributed by atoms with van der Waals surface area (Å²) in [5.41, 5.74) is 1.45. The highest BCUT2D eigenvalue weighted by molar-refractivity contribution is 5.97. The molecule has 0 radical (unpaired) electrons. The lowest BCUT2D eigenvalue weighted by Gasteiger charge is -2.11. The van der Waals surface area contributed by atoms with E-state index in [0.29, 0.717) is 18.0 Å². The maximum Gasteiger partial charge on any atom is 0.331 e. The first-order chi connectivity index (χ1) is 13.7. The molecule has 3 aromatic carbocycles. The van der Waals surface area contributed by atoms with Crippen molar-refractivity contribution >= 4 is 34.4 Å². The van der Waals surface area contributed by atoms with Gasteiger partial charge in [0, 0.05) is 6.08 Å². The normalized spacial score (nSPS) is 10.8. The maximum atomic E-state index is 12.1. The lowest BCUT2D eigenvalue weighted by Crippen LogP contribution is -2.20. The van der Waals surface area contributed by atoms with Gasteiger partial charge in [0.15, 0.2) is 6.61 Å². The van der Waals surface area contributed by atoms with Crippen LogP contribution in [0.5, 0.6) is 5.75 Å². The monoisotopic (exact) mass is 375 g/mol. The molecular formula is C23H21NO4. The molecule has 0 saturated carbocycles. The largest absolute Gasteiger partial charge is 0.492 e. The van der Waals surface area contributed by atoms with Crippen molar-refractivity contribution in [1.29, 1.82) is 0 Å². The molecular weight excluding hydrogens is 354 g/mol. The molecule has 3 rings (SSSR count). The highest BCUT2D eigenvalue weighted by atomic mass is 16.5. The minimum atomic E-state index is -0.582. The Hall–Kier alpha value is -3.60. The zero-order valence-electron chi connectivity index (χ0n) is 15.6. The molecule has 0 bridgehead atoms. The van der Waals surface area contributed by atoms with Gasteiger partial charge in [-0.1, -0.05) is 54.6 Å². The second-order valence-electron chi connectivity index (χ2n) is 5.99. The number of rotatable bonds is 7. The van der Waals surface area contributed by atoms with Crippen molar-refractivity contribution in [2.45, 2.75) is 6.92 Å². The van der Waals surface area contributed by atoms with Gasteiger partial charge in [-0.3, -0.25) is 4.79 Å². The Kier molecular flexibility index (Phi) is 6.41. The summed E-state index contributed by atoms with van der Waals surface area (Å²) in [7, 11) is 0. The van der Waals surface area contributed by atoms with Crippen molar-refractivity contribution < 1.29 is 19.1 Å². The van der Waals surface area contributed by atoms with Gasteiger partial charge in [-0.15, -0.1) is 0 Å². The van der Waals surface area contributed by atoms with Gasteiger partial charge in [0.1, 0.15) is 5.75 Å². The summed E-state index contributed by atoms with van der Waals surface area (Å²) < 4.78 is 10.5.